The molecule has 0 saturated carbocycles. The Bertz CT molecular complexity index is 199. The van der Waals surface area contributed by atoms with Gasteiger partial charge < -0.3 is 10.1 Å². The van der Waals surface area contributed by atoms with Crippen molar-refractivity contribution < 1.29 is 8.95 Å². The molecule has 15 heavy (non-hydrogen) atoms. The van der Waals surface area contributed by atoms with Crippen LogP contribution in [0.2, 0.25) is 0 Å². The van der Waals surface area contributed by atoms with Crippen molar-refractivity contribution in [1.29, 1.82) is 0 Å². The van der Waals surface area contributed by atoms with Gasteiger partial charge in [-0.15, -0.1) is 0 Å². The van der Waals surface area contributed by atoms with Crippen LogP contribution in [0.25, 0.3) is 0 Å². The second kappa shape index (κ2) is 7.36. The molecule has 0 aromatic heterocycles. The van der Waals surface area contributed by atoms with E-state index in [1.165, 1.54) is 0 Å². The molecule has 1 rings (SSSR count). The minimum absolute atomic E-state index is 0.199. The van der Waals surface area contributed by atoms with E-state index in [2.05, 4.69) is 19.2 Å². The van der Waals surface area contributed by atoms with Crippen LogP contribution in [0, 0.1) is 0 Å². The molecule has 0 radical (unpaired) electrons. The monoisotopic (exact) mass is 233 g/mol. The van der Waals surface area contributed by atoms with Crippen molar-refractivity contribution in [3.05, 3.63) is 0 Å². The average molecular weight is 233 g/mol. The zero-order valence-electron chi connectivity index (χ0n) is 9.83. The Morgan fingerprint density at radius 2 is 2.20 bits per heavy atom. The van der Waals surface area contributed by atoms with Gasteiger partial charge in [-0.05, 0) is 25.8 Å². The van der Waals surface area contributed by atoms with E-state index in [1.807, 2.05) is 0 Å². The molecule has 1 fully saturated rings. The zero-order valence-corrected chi connectivity index (χ0v) is 10.6. The molecule has 1 aliphatic rings. The van der Waals surface area contributed by atoms with E-state index in [9.17, 15) is 4.21 Å². The molecule has 0 aliphatic carbocycles. The third-order valence-electron chi connectivity index (χ3n) is 2.70. The van der Waals surface area contributed by atoms with Crippen molar-refractivity contribution in [2.24, 2.45) is 0 Å². The number of rotatable bonds is 6. The van der Waals surface area contributed by atoms with Crippen LogP contribution in [-0.2, 0) is 15.5 Å². The van der Waals surface area contributed by atoms with Crippen molar-refractivity contribution in [3.8, 4) is 0 Å². The van der Waals surface area contributed by atoms with Gasteiger partial charge in [0.25, 0.3) is 0 Å². The fourth-order valence-electron chi connectivity index (χ4n) is 1.89. The molecular formula is C11H23NO2S. The SMILES string of the molecule is CCCNC1CCOCC1S(=O)CCC. The summed E-state index contributed by atoms with van der Waals surface area (Å²) in [5.41, 5.74) is 0. The van der Waals surface area contributed by atoms with Crippen molar-refractivity contribution in [1.82, 2.24) is 5.32 Å². The van der Waals surface area contributed by atoms with E-state index in [0.29, 0.717) is 12.6 Å². The lowest BCUT2D eigenvalue weighted by molar-refractivity contribution is 0.0821. The van der Waals surface area contributed by atoms with Gasteiger partial charge in [0.1, 0.15) is 0 Å². The maximum Gasteiger partial charge on any atom is 0.0735 e. The van der Waals surface area contributed by atoms with E-state index in [-0.39, 0.29) is 5.25 Å². The van der Waals surface area contributed by atoms with E-state index in [0.717, 1.165) is 38.2 Å². The lowest BCUT2D eigenvalue weighted by Gasteiger charge is -2.31. The standard InChI is InChI=1S/C11H23NO2S/c1-3-6-12-10-5-7-14-9-11(10)15(13)8-4-2/h10-12H,3-9H2,1-2H3. The van der Waals surface area contributed by atoms with Crippen molar-refractivity contribution in [2.45, 2.75) is 44.4 Å². The number of ether oxygens (including phenoxy) is 1. The summed E-state index contributed by atoms with van der Waals surface area (Å²) in [4.78, 5) is 0. The van der Waals surface area contributed by atoms with Gasteiger partial charge in [-0.2, -0.15) is 0 Å². The second-order valence-electron chi connectivity index (χ2n) is 4.05. The highest BCUT2D eigenvalue weighted by molar-refractivity contribution is 7.85. The first kappa shape index (κ1) is 13.1. The van der Waals surface area contributed by atoms with Gasteiger partial charge in [-0.25, -0.2) is 0 Å². The lowest BCUT2D eigenvalue weighted by Crippen LogP contribution is -2.49. The van der Waals surface area contributed by atoms with Gasteiger partial charge in [0.15, 0.2) is 0 Å². The quantitative estimate of drug-likeness (QED) is 0.751. The van der Waals surface area contributed by atoms with E-state index in [1.54, 1.807) is 0 Å². The predicted octanol–water partition coefficient (Wildman–Crippen LogP) is 1.30. The van der Waals surface area contributed by atoms with Crippen LogP contribution in [0.5, 0.6) is 0 Å². The number of hydrogen-bond acceptors (Lipinski definition) is 3. The highest BCUT2D eigenvalue weighted by Gasteiger charge is 2.29. The van der Waals surface area contributed by atoms with Crippen LogP contribution in [-0.4, -0.2) is 41.0 Å². The Hall–Kier alpha value is 0.0700. The first-order chi connectivity index (χ1) is 7.29. The van der Waals surface area contributed by atoms with Crippen molar-refractivity contribution in [3.63, 3.8) is 0 Å². The largest absolute Gasteiger partial charge is 0.380 e. The average Bonchev–Trinajstić information content (AvgIpc) is 2.27. The summed E-state index contributed by atoms with van der Waals surface area (Å²) in [5, 5.41) is 3.69. The second-order valence-corrected chi connectivity index (χ2v) is 5.82. The number of hydrogen-bond donors (Lipinski definition) is 1. The molecule has 3 atom stereocenters. The molecule has 0 aromatic carbocycles. The fourth-order valence-corrected chi connectivity index (χ4v) is 3.44. The Balaban J connectivity index is 2.45. The summed E-state index contributed by atoms with van der Waals surface area (Å²) in [6.07, 6.45) is 3.12. The molecule has 0 amide bonds. The molecule has 1 heterocycles. The molecule has 3 nitrogen and oxygen atoms in total. The van der Waals surface area contributed by atoms with Crippen LogP contribution < -0.4 is 5.32 Å². The molecule has 1 N–H and O–H groups in total. The molecule has 90 valence electrons. The van der Waals surface area contributed by atoms with E-state index >= 15 is 0 Å². The smallest absolute Gasteiger partial charge is 0.0735 e. The van der Waals surface area contributed by atoms with Crippen LogP contribution in [0.4, 0.5) is 0 Å². The Morgan fingerprint density at radius 3 is 2.87 bits per heavy atom. The van der Waals surface area contributed by atoms with Crippen LogP contribution in [0.15, 0.2) is 0 Å². The summed E-state index contributed by atoms with van der Waals surface area (Å²) >= 11 is 0. The highest BCUT2D eigenvalue weighted by atomic mass is 32.2. The van der Waals surface area contributed by atoms with Crippen molar-refractivity contribution >= 4 is 10.8 Å². The first-order valence-corrected chi connectivity index (χ1v) is 7.36. The van der Waals surface area contributed by atoms with Gasteiger partial charge in [0, 0.05) is 29.2 Å². The lowest BCUT2D eigenvalue weighted by atomic mass is 10.1. The zero-order chi connectivity index (χ0) is 11.1. The summed E-state index contributed by atoms with van der Waals surface area (Å²) in [7, 11) is -0.728. The normalized spacial score (nSPS) is 28.9. The summed E-state index contributed by atoms with van der Waals surface area (Å²) < 4.78 is 17.4. The minimum Gasteiger partial charge on any atom is -0.380 e. The molecule has 4 heteroatoms. The first-order valence-electron chi connectivity index (χ1n) is 5.97. The van der Waals surface area contributed by atoms with Gasteiger partial charge >= 0.3 is 0 Å². The maximum atomic E-state index is 12.0. The third-order valence-corrected chi connectivity index (χ3v) is 4.65. The minimum atomic E-state index is -0.728. The van der Waals surface area contributed by atoms with Crippen LogP contribution >= 0.6 is 0 Å². The molecule has 0 bridgehead atoms. The molecule has 3 unspecified atom stereocenters. The Morgan fingerprint density at radius 1 is 1.40 bits per heavy atom. The molecule has 1 saturated heterocycles. The van der Waals surface area contributed by atoms with Gasteiger partial charge in [0.05, 0.1) is 11.9 Å². The summed E-state index contributed by atoms with van der Waals surface area (Å²) in [5.74, 6) is 0.804. The molecule has 0 aromatic rings. The third kappa shape index (κ3) is 4.21. The van der Waals surface area contributed by atoms with Crippen molar-refractivity contribution in [2.75, 3.05) is 25.5 Å². The predicted molar refractivity (Wildman–Crippen MR) is 64.6 cm³/mol. The molecule has 0 spiro atoms. The van der Waals surface area contributed by atoms with E-state index in [4.69, 9.17) is 4.74 Å². The maximum absolute atomic E-state index is 12.0. The van der Waals surface area contributed by atoms with Gasteiger partial charge in [-0.1, -0.05) is 13.8 Å². The Kier molecular flexibility index (Phi) is 6.45. The molecule has 1 aliphatic heterocycles. The van der Waals surface area contributed by atoms with Gasteiger partial charge in [-0.3, -0.25) is 4.21 Å². The topological polar surface area (TPSA) is 38.3 Å². The Labute approximate surface area is 95.4 Å². The van der Waals surface area contributed by atoms with Crippen LogP contribution in [0.3, 0.4) is 0 Å². The van der Waals surface area contributed by atoms with Crippen LogP contribution in [0.1, 0.15) is 33.1 Å². The van der Waals surface area contributed by atoms with Gasteiger partial charge in [0.2, 0.25) is 0 Å². The molecular weight excluding hydrogens is 210 g/mol. The summed E-state index contributed by atoms with van der Waals surface area (Å²) in [6, 6.07) is 0.395. The number of nitrogens with one attached hydrogen (secondary N) is 1. The highest BCUT2D eigenvalue weighted by Crippen LogP contribution is 2.14. The fraction of sp³-hybridized carbons (Fsp3) is 1.00. The summed E-state index contributed by atoms with van der Waals surface area (Å²) in [6.45, 7) is 6.72. The van der Waals surface area contributed by atoms with E-state index < -0.39 is 10.8 Å².